The van der Waals surface area contributed by atoms with E-state index >= 15 is 0 Å². The molecular formula is C17H12ClNO6. The Morgan fingerprint density at radius 1 is 1.00 bits per heavy atom. The largest absolute Gasteiger partial charge is 0.493 e. The number of nitrogens with zero attached hydrogens (tertiary/aromatic N) is 1. The molecule has 8 heteroatoms. The number of imide groups is 1. The van der Waals surface area contributed by atoms with Crippen molar-refractivity contribution in [1.82, 2.24) is 5.06 Å². The Morgan fingerprint density at radius 2 is 1.60 bits per heavy atom. The molecule has 0 aromatic heterocycles. The van der Waals surface area contributed by atoms with Crippen molar-refractivity contribution in [1.29, 1.82) is 0 Å². The van der Waals surface area contributed by atoms with Crippen LogP contribution >= 0.6 is 11.6 Å². The fraction of sp³-hybridized carbons (Fsp3) is 0.118. The van der Waals surface area contributed by atoms with Gasteiger partial charge in [-0.25, -0.2) is 4.79 Å². The molecule has 0 N–H and O–H groups in total. The summed E-state index contributed by atoms with van der Waals surface area (Å²) >= 11 is 6.04. The van der Waals surface area contributed by atoms with Gasteiger partial charge in [0.25, 0.3) is 11.8 Å². The highest BCUT2D eigenvalue weighted by Crippen LogP contribution is 2.36. The van der Waals surface area contributed by atoms with Crippen molar-refractivity contribution < 1.29 is 28.7 Å². The molecule has 7 nitrogen and oxygen atoms in total. The number of carbonyl (C=O) groups is 3. The summed E-state index contributed by atoms with van der Waals surface area (Å²) < 4.78 is 10.2. The maximum absolute atomic E-state index is 12.3. The minimum Gasteiger partial charge on any atom is -0.493 e. The lowest BCUT2D eigenvalue weighted by Gasteiger charge is -2.14. The van der Waals surface area contributed by atoms with Gasteiger partial charge >= 0.3 is 5.97 Å². The van der Waals surface area contributed by atoms with Gasteiger partial charge in [-0.05, 0) is 24.3 Å². The maximum Gasteiger partial charge on any atom is 0.364 e. The van der Waals surface area contributed by atoms with E-state index in [1.807, 2.05) is 0 Å². The van der Waals surface area contributed by atoms with E-state index in [4.69, 9.17) is 25.9 Å². The standard InChI is InChI=1S/C17H12ClNO6/c1-23-13-8-9(7-12(18)14(13)24-2)17(22)25-19-15(20)10-5-3-4-6-11(10)16(19)21/h3-8H,1-2H3. The van der Waals surface area contributed by atoms with Gasteiger partial charge in [0.2, 0.25) is 0 Å². The molecule has 0 saturated carbocycles. The molecule has 0 aliphatic carbocycles. The number of benzene rings is 2. The number of methoxy groups -OCH3 is 2. The minimum atomic E-state index is -0.933. The number of hydrogen-bond acceptors (Lipinski definition) is 6. The smallest absolute Gasteiger partial charge is 0.364 e. The first-order valence-electron chi connectivity index (χ1n) is 7.09. The Hall–Kier alpha value is -3.06. The number of fused-ring (bicyclic) bond motifs is 1. The Balaban J connectivity index is 1.88. The fourth-order valence-electron chi connectivity index (χ4n) is 2.42. The van der Waals surface area contributed by atoms with Crippen LogP contribution in [0.1, 0.15) is 31.1 Å². The lowest BCUT2D eigenvalue weighted by Crippen LogP contribution is -2.32. The van der Waals surface area contributed by atoms with E-state index in [0.29, 0.717) is 5.06 Å². The zero-order valence-electron chi connectivity index (χ0n) is 13.2. The average molecular weight is 362 g/mol. The van der Waals surface area contributed by atoms with Gasteiger partial charge in [-0.1, -0.05) is 28.8 Å². The Labute approximate surface area is 147 Å². The molecule has 1 heterocycles. The van der Waals surface area contributed by atoms with Gasteiger partial charge in [-0.15, -0.1) is 0 Å². The minimum absolute atomic E-state index is 0.000735. The van der Waals surface area contributed by atoms with E-state index in [2.05, 4.69) is 0 Å². The molecule has 0 radical (unpaired) electrons. The van der Waals surface area contributed by atoms with Gasteiger partial charge in [0, 0.05) is 0 Å². The molecule has 1 aliphatic heterocycles. The van der Waals surface area contributed by atoms with E-state index in [1.54, 1.807) is 12.1 Å². The number of amides is 2. The quantitative estimate of drug-likeness (QED) is 0.779. The second-order valence-corrected chi connectivity index (χ2v) is 5.43. The first-order valence-corrected chi connectivity index (χ1v) is 7.47. The predicted molar refractivity (Wildman–Crippen MR) is 86.9 cm³/mol. The fourth-order valence-corrected chi connectivity index (χ4v) is 2.71. The van der Waals surface area contributed by atoms with Crippen molar-refractivity contribution in [2.75, 3.05) is 14.2 Å². The summed E-state index contributed by atoms with van der Waals surface area (Å²) in [7, 11) is 2.79. The molecule has 0 atom stereocenters. The summed E-state index contributed by atoms with van der Waals surface area (Å²) in [6, 6.07) is 8.83. The van der Waals surface area contributed by atoms with Gasteiger partial charge in [0.05, 0.1) is 35.9 Å². The molecule has 2 aromatic rings. The van der Waals surface area contributed by atoms with E-state index in [-0.39, 0.29) is 33.2 Å². The Bertz CT molecular complexity index is 860. The lowest BCUT2D eigenvalue weighted by molar-refractivity contribution is -0.0584. The Morgan fingerprint density at radius 3 is 2.12 bits per heavy atom. The van der Waals surface area contributed by atoms with Crippen LogP contribution in [0.15, 0.2) is 36.4 Å². The molecule has 128 valence electrons. The monoisotopic (exact) mass is 361 g/mol. The highest BCUT2D eigenvalue weighted by Gasteiger charge is 2.38. The topological polar surface area (TPSA) is 82.1 Å². The van der Waals surface area contributed by atoms with E-state index in [1.165, 1.54) is 38.5 Å². The average Bonchev–Trinajstić information content (AvgIpc) is 2.86. The van der Waals surface area contributed by atoms with Gasteiger partial charge in [0.15, 0.2) is 11.5 Å². The summed E-state index contributed by atoms with van der Waals surface area (Å²) in [6.07, 6.45) is 0. The normalized spacial score (nSPS) is 12.8. The summed E-state index contributed by atoms with van der Waals surface area (Å²) in [6.45, 7) is 0. The maximum atomic E-state index is 12.3. The number of hydrogen-bond donors (Lipinski definition) is 0. The third kappa shape index (κ3) is 2.78. The van der Waals surface area contributed by atoms with Crippen molar-refractivity contribution in [3.8, 4) is 11.5 Å². The Kier molecular flexibility index (Phi) is 4.33. The first-order chi connectivity index (χ1) is 12.0. The molecule has 0 saturated heterocycles. The van der Waals surface area contributed by atoms with Crippen LogP contribution in [0, 0.1) is 0 Å². The number of halogens is 1. The molecule has 1 aliphatic rings. The molecule has 0 unspecified atom stereocenters. The van der Waals surface area contributed by atoms with Crippen LogP contribution in [0.2, 0.25) is 5.02 Å². The summed E-state index contributed by atoms with van der Waals surface area (Å²) in [4.78, 5) is 41.8. The van der Waals surface area contributed by atoms with Gasteiger partial charge in [0.1, 0.15) is 0 Å². The number of carbonyl (C=O) groups excluding carboxylic acids is 3. The van der Waals surface area contributed by atoms with Gasteiger partial charge < -0.3 is 14.3 Å². The summed E-state index contributed by atoms with van der Waals surface area (Å²) in [5, 5.41) is 0.550. The van der Waals surface area contributed by atoms with Crippen molar-refractivity contribution in [2.45, 2.75) is 0 Å². The number of hydroxylamine groups is 2. The molecule has 0 fully saturated rings. The molecule has 2 amide bonds. The van der Waals surface area contributed by atoms with Gasteiger partial charge in [-0.3, -0.25) is 9.59 Å². The van der Waals surface area contributed by atoms with E-state index in [0.717, 1.165) is 0 Å². The zero-order chi connectivity index (χ0) is 18.1. The summed E-state index contributed by atoms with van der Waals surface area (Å²) in [5.74, 6) is -1.89. The summed E-state index contributed by atoms with van der Waals surface area (Å²) in [5.41, 5.74) is 0.343. The van der Waals surface area contributed by atoms with Crippen molar-refractivity contribution in [2.24, 2.45) is 0 Å². The lowest BCUT2D eigenvalue weighted by atomic mass is 10.1. The SMILES string of the molecule is COc1cc(C(=O)ON2C(=O)c3ccccc3C2=O)cc(Cl)c1OC. The second kappa shape index (κ2) is 6.45. The number of rotatable bonds is 4. The van der Waals surface area contributed by atoms with Crippen LogP contribution in [0.3, 0.4) is 0 Å². The van der Waals surface area contributed by atoms with Crippen molar-refractivity contribution in [3.05, 3.63) is 58.1 Å². The van der Waals surface area contributed by atoms with Crippen molar-refractivity contribution >= 4 is 29.4 Å². The van der Waals surface area contributed by atoms with Gasteiger partial charge in [-0.2, -0.15) is 0 Å². The number of ether oxygens (including phenoxy) is 2. The van der Waals surface area contributed by atoms with Crippen LogP contribution in [0.4, 0.5) is 0 Å². The van der Waals surface area contributed by atoms with Crippen LogP contribution in [0.5, 0.6) is 11.5 Å². The van der Waals surface area contributed by atoms with E-state index < -0.39 is 17.8 Å². The third-order valence-corrected chi connectivity index (χ3v) is 3.88. The second-order valence-electron chi connectivity index (χ2n) is 5.02. The molecule has 2 aromatic carbocycles. The molecule has 0 bridgehead atoms. The van der Waals surface area contributed by atoms with Crippen LogP contribution in [-0.2, 0) is 4.84 Å². The predicted octanol–water partition coefficient (Wildman–Crippen LogP) is 2.73. The molecule has 3 rings (SSSR count). The highest BCUT2D eigenvalue weighted by atomic mass is 35.5. The molecular weight excluding hydrogens is 350 g/mol. The molecule has 25 heavy (non-hydrogen) atoms. The highest BCUT2D eigenvalue weighted by molar-refractivity contribution is 6.32. The van der Waals surface area contributed by atoms with Crippen LogP contribution < -0.4 is 9.47 Å². The first kappa shape index (κ1) is 16.8. The van der Waals surface area contributed by atoms with Crippen LogP contribution in [0.25, 0.3) is 0 Å². The molecule has 0 spiro atoms. The van der Waals surface area contributed by atoms with Crippen molar-refractivity contribution in [3.63, 3.8) is 0 Å². The van der Waals surface area contributed by atoms with Crippen LogP contribution in [-0.4, -0.2) is 37.1 Å². The van der Waals surface area contributed by atoms with E-state index in [9.17, 15) is 14.4 Å². The zero-order valence-corrected chi connectivity index (χ0v) is 14.0. The third-order valence-electron chi connectivity index (χ3n) is 3.60.